The van der Waals surface area contributed by atoms with Crippen molar-refractivity contribution in [1.82, 2.24) is 4.57 Å². The van der Waals surface area contributed by atoms with Crippen LogP contribution in [0.15, 0.2) is 76.4 Å². The van der Waals surface area contributed by atoms with E-state index >= 15 is 0 Å². The Morgan fingerprint density at radius 2 is 1.86 bits per heavy atom. The predicted molar refractivity (Wildman–Crippen MR) is 142 cm³/mol. The third-order valence-corrected chi connectivity index (χ3v) is 8.76. The van der Waals surface area contributed by atoms with E-state index in [-0.39, 0.29) is 33.8 Å². The van der Waals surface area contributed by atoms with Gasteiger partial charge in [-0.15, -0.1) is 0 Å². The molecule has 0 radical (unpaired) electrons. The second-order valence-corrected chi connectivity index (χ2v) is 11.9. The predicted octanol–water partition coefficient (Wildman–Crippen LogP) is 4.89. The Bertz CT molecular complexity index is 1630. The number of carbonyl (C=O) groups is 1. The average molecular weight is 544 g/mol. The highest BCUT2D eigenvalue weighted by Gasteiger charge is 2.37. The van der Waals surface area contributed by atoms with Crippen LogP contribution in [0.25, 0.3) is 10.2 Å². The van der Waals surface area contributed by atoms with Gasteiger partial charge in [-0.1, -0.05) is 41.1 Å². The van der Waals surface area contributed by atoms with Crippen LogP contribution in [0, 0.1) is 0 Å². The molecule has 1 aliphatic heterocycles. The van der Waals surface area contributed by atoms with Gasteiger partial charge in [0.05, 0.1) is 27.3 Å². The number of anilines is 2. The number of amides is 1. The number of carbonyl (C=O) groups excluding carboxylic acids is 1. The number of aromatic nitrogens is 1. The van der Waals surface area contributed by atoms with Crippen LogP contribution < -0.4 is 19.2 Å². The molecule has 8 nitrogen and oxygen atoms in total. The second kappa shape index (κ2) is 9.27. The molecular weight excluding hydrogens is 522 g/mol. The zero-order valence-corrected chi connectivity index (χ0v) is 21.7. The minimum Gasteiger partial charge on any atom is -0.476 e. The maximum absolute atomic E-state index is 13.5. The first-order chi connectivity index (χ1) is 17.1. The first kappa shape index (κ1) is 24.4. The zero-order chi connectivity index (χ0) is 25.6. The highest BCUT2D eigenvalue weighted by Crippen LogP contribution is 2.39. The molecule has 186 valence electrons. The number of rotatable bonds is 5. The molecule has 0 bridgehead atoms. The molecule has 0 unspecified atom stereocenters. The Labute approximate surface area is 216 Å². The lowest BCUT2D eigenvalue weighted by Gasteiger charge is -2.34. The number of thiazole rings is 1. The van der Waals surface area contributed by atoms with Crippen LogP contribution in [-0.4, -0.2) is 31.5 Å². The van der Waals surface area contributed by atoms with Crippen molar-refractivity contribution in [3.05, 3.63) is 81.4 Å². The first-order valence-electron chi connectivity index (χ1n) is 11.1. The number of sulfonamides is 1. The number of hydrogen-bond acceptors (Lipinski definition) is 6. The summed E-state index contributed by atoms with van der Waals surface area (Å²) in [5.74, 6) is -0.285. The molecule has 0 saturated heterocycles. The number of hydrogen-bond donors (Lipinski definition) is 1. The van der Waals surface area contributed by atoms with Crippen molar-refractivity contribution in [2.24, 2.45) is 0 Å². The van der Waals surface area contributed by atoms with Crippen LogP contribution in [0.4, 0.5) is 11.4 Å². The van der Waals surface area contributed by atoms with Crippen molar-refractivity contribution < 1.29 is 17.9 Å². The molecular formula is C25H22ClN3O5S2. The summed E-state index contributed by atoms with van der Waals surface area (Å²) in [4.78, 5) is 25.6. The maximum Gasteiger partial charge on any atom is 0.308 e. The van der Waals surface area contributed by atoms with Crippen molar-refractivity contribution in [1.29, 1.82) is 0 Å². The number of nitrogens with one attached hydrogen (secondary N) is 1. The third-order valence-electron chi connectivity index (χ3n) is 5.81. The van der Waals surface area contributed by atoms with E-state index in [4.69, 9.17) is 16.3 Å². The van der Waals surface area contributed by atoms with Gasteiger partial charge in [0.2, 0.25) is 0 Å². The highest BCUT2D eigenvalue weighted by atomic mass is 35.5. The molecule has 4 aromatic rings. The van der Waals surface area contributed by atoms with Crippen molar-refractivity contribution in [2.45, 2.75) is 30.9 Å². The van der Waals surface area contributed by atoms with Crippen LogP contribution in [-0.2, 0) is 14.8 Å². The summed E-state index contributed by atoms with van der Waals surface area (Å²) >= 11 is 7.25. The summed E-state index contributed by atoms with van der Waals surface area (Å²) in [6.45, 7) is 3.63. The van der Waals surface area contributed by atoms with E-state index in [1.165, 1.54) is 18.2 Å². The number of ether oxygens (including phenoxy) is 1. The first-order valence-corrected chi connectivity index (χ1v) is 13.8. The average Bonchev–Trinajstić information content (AvgIpc) is 3.18. The second-order valence-electron chi connectivity index (χ2n) is 8.57. The molecule has 5 rings (SSSR count). The third kappa shape index (κ3) is 4.36. The largest absolute Gasteiger partial charge is 0.476 e. The van der Waals surface area contributed by atoms with E-state index in [9.17, 15) is 18.0 Å². The fourth-order valence-electron chi connectivity index (χ4n) is 4.13. The monoisotopic (exact) mass is 543 g/mol. The van der Waals surface area contributed by atoms with E-state index in [2.05, 4.69) is 5.32 Å². The van der Waals surface area contributed by atoms with Gasteiger partial charge in [0.25, 0.3) is 15.9 Å². The summed E-state index contributed by atoms with van der Waals surface area (Å²) in [6, 6.07) is 17.8. The Morgan fingerprint density at radius 3 is 2.58 bits per heavy atom. The van der Waals surface area contributed by atoms with Gasteiger partial charge in [0, 0.05) is 16.8 Å². The number of fused-ring (bicyclic) bond motifs is 2. The van der Waals surface area contributed by atoms with Crippen LogP contribution in [0.2, 0.25) is 5.02 Å². The van der Waals surface area contributed by atoms with Crippen molar-refractivity contribution in [3.8, 4) is 5.75 Å². The molecule has 1 amide bonds. The van der Waals surface area contributed by atoms with E-state index in [1.54, 1.807) is 53.1 Å². The molecule has 2 heterocycles. The molecule has 1 N–H and O–H groups in total. The fourth-order valence-corrected chi connectivity index (χ4v) is 6.84. The van der Waals surface area contributed by atoms with Gasteiger partial charge in [0.1, 0.15) is 5.75 Å². The Balaban J connectivity index is 1.46. The van der Waals surface area contributed by atoms with E-state index in [1.807, 2.05) is 13.8 Å². The smallest absolute Gasteiger partial charge is 0.308 e. The molecule has 3 aromatic carbocycles. The molecule has 1 aliphatic rings. The van der Waals surface area contributed by atoms with Gasteiger partial charge in [-0.05, 0) is 62.4 Å². The van der Waals surface area contributed by atoms with Gasteiger partial charge in [-0.2, -0.15) is 0 Å². The Morgan fingerprint density at radius 1 is 1.11 bits per heavy atom. The van der Waals surface area contributed by atoms with Crippen molar-refractivity contribution in [3.63, 3.8) is 0 Å². The molecule has 0 aliphatic carbocycles. The molecule has 0 saturated carbocycles. The molecule has 36 heavy (non-hydrogen) atoms. The summed E-state index contributed by atoms with van der Waals surface area (Å²) in [5, 5.41) is 3.14. The van der Waals surface area contributed by atoms with Gasteiger partial charge >= 0.3 is 4.87 Å². The lowest BCUT2D eigenvalue weighted by Crippen LogP contribution is -2.48. The molecule has 11 heteroatoms. The maximum atomic E-state index is 13.5. The molecule has 1 aromatic heterocycles. The van der Waals surface area contributed by atoms with E-state index < -0.39 is 22.0 Å². The topological polar surface area (TPSA) is 97.7 Å². The summed E-state index contributed by atoms with van der Waals surface area (Å²) < 4.78 is 36.5. The molecule has 0 spiro atoms. The minimum atomic E-state index is -3.99. The van der Waals surface area contributed by atoms with Crippen LogP contribution >= 0.6 is 22.9 Å². The van der Waals surface area contributed by atoms with Gasteiger partial charge in [-0.25, -0.2) is 8.42 Å². The number of halogens is 1. The van der Waals surface area contributed by atoms with E-state index in [0.717, 1.165) is 25.9 Å². The van der Waals surface area contributed by atoms with Gasteiger partial charge < -0.3 is 10.1 Å². The quantitative estimate of drug-likeness (QED) is 0.386. The minimum absolute atomic E-state index is 0.00782. The summed E-state index contributed by atoms with van der Waals surface area (Å²) in [6.07, 6.45) is -1.12. The number of benzene rings is 3. The van der Waals surface area contributed by atoms with Gasteiger partial charge in [-0.3, -0.25) is 18.5 Å². The Kier molecular flexibility index (Phi) is 6.27. The van der Waals surface area contributed by atoms with Crippen molar-refractivity contribution >= 4 is 60.5 Å². The summed E-state index contributed by atoms with van der Waals surface area (Å²) in [5.41, 5.74) is 1.53. The van der Waals surface area contributed by atoms with Crippen molar-refractivity contribution in [2.75, 3.05) is 16.2 Å². The van der Waals surface area contributed by atoms with Crippen LogP contribution in [0.3, 0.4) is 0 Å². The SMILES string of the molecule is CC(C)n1c(=O)sc2cc(NC(=O)[C@@H]3CN(S(=O)(=O)c4ccccc4)c4cc(Cl)ccc4O3)ccc21. The number of nitrogens with zero attached hydrogens (tertiary/aromatic N) is 2. The molecule has 1 atom stereocenters. The normalized spacial score (nSPS) is 15.6. The van der Waals surface area contributed by atoms with Crippen LogP contribution in [0.1, 0.15) is 19.9 Å². The standard InChI is InChI=1S/C25H22ClN3O5S2/c1-15(2)29-19-10-9-17(13-23(19)35-25(29)31)27-24(30)22-14-28(20-12-16(26)8-11-21(20)34-22)36(32,33)18-6-4-3-5-7-18/h3-13,15,22H,14H2,1-2H3,(H,27,30)/t22-/m0/s1. The fraction of sp³-hybridized carbons (Fsp3) is 0.200. The summed E-state index contributed by atoms with van der Waals surface area (Å²) in [7, 11) is -3.99. The molecule has 0 fully saturated rings. The lowest BCUT2D eigenvalue weighted by atomic mass is 10.2. The zero-order valence-electron chi connectivity index (χ0n) is 19.3. The van der Waals surface area contributed by atoms with Crippen LogP contribution in [0.5, 0.6) is 5.75 Å². The van der Waals surface area contributed by atoms with E-state index in [0.29, 0.717) is 10.7 Å². The van der Waals surface area contributed by atoms with Gasteiger partial charge in [0.15, 0.2) is 6.10 Å². The Hall–Kier alpha value is -3.34. The lowest BCUT2D eigenvalue weighted by molar-refractivity contribution is -0.122. The highest BCUT2D eigenvalue weighted by molar-refractivity contribution is 7.92.